The highest BCUT2D eigenvalue weighted by Gasteiger charge is 2.23. The molecule has 0 N–H and O–H groups in total. The third-order valence-corrected chi connectivity index (χ3v) is 4.58. The number of para-hydroxylation sites is 1. The van der Waals surface area contributed by atoms with Gasteiger partial charge in [-0.05, 0) is 43.2 Å². The summed E-state index contributed by atoms with van der Waals surface area (Å²) in [5.74, 6) is 0. The highest BCUT2D eigenvalue weighted by molar-refractivity contribution is 5.89. The minimum Gasteiger partial charge on any atom is -0.344 e. The van der Waals surface area contributed by atoms with Gasteiger partial charge in [0, 0.05) is 17.6 Å². The lowest BCUT2D eigenvalue weighted by atomic mass is 9.95. The number of rotatable bonds is 0. The molecule has 1 aliphatic carbocycles. The number of nitrogens with zero attached hydrogens (tertiary/aromatic N) is 1. The normalized spacial score (nSPS) is 19.1. The SMILES string of the molecule is c1cc2c3c(c1)c1c(n3CC2)CCCCCC1. The van der Waals surface area contributed by atoms with E-state index < -0.39 is 0 Å². The smallest absolute Gasteiger partial charge is 0.0518 e. The van der Waals surface area contributed by atoms with Crippen molar-refractivity contribution >= 4 is 10.9 Å². The average molecular weight is 225 g/mol. The summed E-state index contributed by atoms with van der Waals surface area (Å²) in [7, 11) is 0. The Morgan fingerprint density at radius 2 is 1.76 bits per heavy atom. The number of hydrogen-bond donors (Lipinski definition) is 0. The van der Waals surface area contributed by atoms with E-state index in [0.717, 1.165) is 0 Å². The van der Waals surface area contributed by atoms with E-state index in [9.17, 15) is 0 Å². The molecule has 0 bridgehead atoms. The monoisotopic (exact) mass is 225 g/mol. The van der Waals surface area contributed by atoms with Crippen molar-refractivity contribution in [1.29, 1.82) is 0 Å². The van der Waals surface area contributed by atoms with Crippen LogP contribution in [0.25, 0.3) is 10.9 Å². The molecular formula is C16H19N. The molecule has 0 saturated heterocycles. The molecule has 2 heterocycles. The van der Waals surface area contributed by atoms with Crippen LogP contribution in [0.15, 0.2) is 18.2 Å². The van der Waals surface area contributed by atoms with Gasteiger partial charge in [-0.25, -0.2) is 0 Å². The fourth-order valence-electron chi connectivity index (χ4n) is 3.80. The fourth-order valence-corrected chi connectivity index (χ4v) is 3.80. The number of hydrogen-bond acceptors (Lipinski definition) is 0. The molecular weight excluding hydrogens is 206 g/mol. The molecule has 0 saturated carbocycles. The second-order valence-electron chi connectivity index (χ2n) is 5.55. The van der Waals surface area contributed by atoms with Crippen molar-refractivity contribution in [3.8, 4) is 0 Å². The lowest BCUT2D eigenvalue weighted by Crippen LogP contribution is -2.05. The predicted molar refractivity (Wildman–Crippen MR) is 71.5 cm³/mol. The summed E-state index contributed by atoms with van der Waals surface area (Å²) >= 11 is 0. The Bertz CT molecular complexity index is 577. The van der Waals surface area contributed by atoms with Gasteiger partial charge in [-0.1, -0.05) is 31.0 Å². The van der Waals surface area contributed by atoms with Gasteiger partial charge < -0.3 is 4.57 Å². The highest BCUT2D eigenvalue weighted by Crippen LogP contribution is 2.36. The molecule has 0 fully saturated rings. The molecule has 88 valence electrons. The Kier molecular flexibility index (Phi) is 2.08. The summed E-state index contributed by atoms with van der Waals surface area (Å²) in [5, 5.41) is 1.57. The first-order chi connectivity index (χ1) is 8.45. The second kappa shape index (κ2) is 3.63. The van der Waals surface area contributed by atoms with E-state index in [4.69, 9.17) is 0 Å². The molecule has 1 aromatic heterocycles. The van der Waals surface area contributed by atoms with Crippen LogP contribution in [0, 0.1) is 0 Å². The van der Waals surface area contributed by atoms with Crippen LogP contribution >= 0.6 is 0 Å². The summed E-state index contributed by atoms with van der Waals surface area (Å²) < 4.78 is 2.63. The van der Waals surface area contributed by atoms with Crippen LogP contribution in [0.3, 0.4) is 0 Å². The van der Waals surface area contributed by atoms with Gasteiger partial charge in [0.1, 0.15) is 0 Å². The first kappa shape index (κ1) is 9.76. The Labute approximate surface area is 102 Å². The molecule has 4 rings (SSSR count). The molecule has 0 amide bonds. The van der Waals surface area contributed by atoms with E-state index in [1.807, 2.05) is 0 Å². The van der Waals surface area contributed by atoms with Crippen molar-refractivity contribution in [1.82, 2.24) is 4.57 Å². The van der Waals surface area contributed by atoms with Crippen molar-refractivity contribution in [2.75, 3.05) is 0 Å². The first-order valence-corrected chi connectivity index (χ1v) is 7.07. The molecule has 0 radical (unpaired) electrons. The highest BCUT2D eigenvalue weighted by atomic mass is 15.0. The predicted octanol–water partition coefficient (Wildman–Crippen LogP) is 3.86. The zero-order valence-corrected chi connectivity index (χ0v) is 10.3. The van der Waals surface area contributed by atoms with Gasteiger partial charge >= 0.3 is 0 Å². The number of fused-ring (bicyclic) bond motifs is 3. The Morgan fingerprint density at radius 3 is 2.71 bits per heavy atom. The molecule has 0 atom stereocenters. The maximum Gasteiger partial charge on any atom is 0.0518 e. The summed E-state index contributed by atoms with van der Waals surface area (Å²) in [6.45, 7) is 1.23. The minimum atomic E-state index is 1.23. The third kappa shape index (κ3) is 1.31. The average Bonchev–Trinajstić information content (AvgIpc) is 2.84. The molecule has 17 heavy (non-hydrogen) atoms. The lowest BCUT2D eigenvalue weighted by molar-refractivity contribution is 0.591. The van der Waals surface area contributed by atoms with E-state index in [2.05, 4.69) is 22.8 Å². The van der Waals surface area contributed by atoms with Crippen LogP contribution in [0.5, 0.6) is 0 Å². The van der Waals surface area contributed by atoms with Crippen molar-refractivity contribution in [3.63, 3.8) is 0 Å². The van der Waals surface area contributed by atoms with Gasteiger partial charge in [0.2, 0.25) is 0 Å². The number of benzene rings is 1. The van der Waals surface area contributed by atoms with Crippen molar-refractivity contribution in [3.05, 3.63) is 35.0 Å². The fraction of sp³-hybridized carbons (Fsp3) is 0.500. The molecule has 1 aromatic carbocycles. The van der Waals surface area contributed by atoms with Gasteiger partial charge in [-0.3, -0.25) is 0 Å². The van der Waals surface area contributed by atoms with Crippen LogP contribution in [-0.2, 0) is 25.8 Å². The maximum atomic E-state index is 2.63. The molecule has 1 nitrogen and oxygen atoms in total. The van der Waals surface area contributed by atoms with Gasteiger partial charge in [0.25, 0.3) is 0 Å². The molecule has 0 spiro atoms. The summed E-state index contributed by atoms with van der Waals surface area (Å²) in [4.78, 5) is 0. The van der Waals surface area contributed by atoms with Crippen molar-refractivity contribution < 1.29 is 0 Å². The topological polar surface area (TPSA) is 4.93 Å². The third-order valence-electron chi connectivity index (χ3n) is 4.58. The van der Waals surface area contributed by atoms with Crippen molar-refractivity contribution in [2.24, 2.45) is 0 Å². The molecule has 2 aromatic rings. The van der Waals surface area contributed by atoms with Gasteiger partial charge in [0.15, 0.2) is 0 Å². The van der Waals surface area contributed by atoms with Crippen LogP contribution in [0.4, 0.5) is 0 Å². The summed E-state index contributed by atoms with van der Waals surface area (Å²) in [6, 6.07) is 6.92. The van der Waals surface area contributed by atoms with E-state index in [1.165, 1.54) is 51.5 Å². The number of aromatic nitrogens is 1. The molecule has 2 aliphatic rings. The molecule has 0 unspecified atom stereocenters. The zero-order valence-electron chi connectivity index (χ0n) is 10.3. The van der Waals surface area contributed by atoms with Gasteiger partial charge in [-0.2, -0.15) is 0 Å². The summed E-state index contributed by atoms with van der Waals surface area (Å²) in [6.07, 6.45) is 9.49. The largest absolute Gasteiger partial charge is 0.344 e. The Hall–Kier alpha value is -1.24. The first-order valence-electron chi connectivity index (χ1n) is 7.07. The lowest BCUT2D eigenvalue weighted by Gasteiger charge is -2.13. The summed E-state index contributed by atoms with van der Waals surface area (Å²) in [5.41, 5.74) is 6.50. The van der Waals surface area contributed by atoms with Crippen LogP contribution < -0.4 is 0 Å². The zero-order chi connectivity index (χ0) is 11.2. The quantitative estimate of drug-likeness (QED) is 0.641. The second-order valence-corrected chi connectivity index (χ2v) is 5.55. The molecule has 1 aliphatic heterocycles. The van der Waals surface area contributed by atoms with Crippen molar-refractivity contribution in [2.45, 2.75) is 51.5 Å². The van der Waals surface area contributed by atoms with Crippen LogP contribution in [-0.4, -0.2) is 4.57 Å². The van der Waals surface area contributed by atoms with Gasteiger partial charge in [-0.15, -0.1) is 0 Å². The maximum absolute atomic E-state index is 2.63. The van der Waals surface area contributed by atoms with Crippen LogP contribution in [0.2, 0.25) is 0 Å². The van der Waals surface area contributed by atoms with E-state index in [-0.39, 0.29) is 0 Å². The Morgan fingerprint density at radius 1 is 0.882 bits per heavy atom. The van der Waals surface area contributed by atoms with E-state index in [1.54, 1.807) is 27.7 Å². The van der Waals surface area contributed by atoms with E-state index in [0.29, 0.717) is 0 Å². The Balaban J connectivity index is 2.02. The van der Waals surface area contributed by atoms with Gasteiger partial charge in [0.05, 0.1) is 5.52 Å². The molecule has 1 heteroatoms. The van der Waals surface area contributed by atoms with Crippen LogP contribution in [0.1, 0.15) is 42.5 Å². The number of aryl methyl sites for hydroxylation is 3. The standard InChI is InChI=1S/C16H19N/c1-2-4-9-15-13(7-3-1)14-8-5-6-12-10-11-17(15)16(12)14/h5-6,8H,1-4,7,9-11H2. The minimum absolute atomic E-state index is 1.23. The van der Waals surface area contributed by atoms with E-state index >= 15 is 0 Å².